The first-order chi connectivity index (χ1) is 9.22. The molecule has 5 nitrogen and oxygen atoms in total. The molecule has 0 amide bonds. The summed E-state index contributed by atoms with van der Waals surface area (Å²) in [6, 6.07) is 10.6. The second-order valence-electron chi connectivity index (χ2n) is 4.20. The van der Waals surface area contributed by atoms with Crippen LogP contribution < -0.4 is 11.0 Å². The SMILES string of the molecule is CCNC(CSc1n[nH]c(=O)n1C)c1ccccc1. The van der Waals surface area contributed by atoms with Crippen molar-refractivity contribution in [2.24, 2.45) is 7.05 Å². The van der Waals surface area contributed by atoms with Crippen LogP contribution in [0.2, 0.25) is 0 Å². The summed E-state index contributed by atoms with van der Waals surface area (Å²) in [5.74, 6) is 0.829. The topological polar surface area (TPSA) is 62.7 Å². The molecule has 0 saturated heterocycles. The summed E-state index contributed by atoms with van der Waals surface area (Å²) in [5, 5.41) is 10.6. The Hall–Kier alpha value is -1.53. The van der Waals surface area contributed by atoms with Crippen molar-refractivity contribution >= 4 is 11.8 Å². The first-order valence-electron chi connectivity index (χ1n) is 6.25. The lowest BCUT2D eigenvalue weighted by Crippen LogP contribution is -2.23. The number of hydrogen-bond donors (Lipinski definition) is 2. The molecule has 0 aliphatic heterocycles. The maximum absolute atomic E-state index is 11.3. The largest absolute Gasteiger partial charge is 0.343 e. The van der Waals surface area contributed by atoms with Crippen molar-refractivity contribution in [2.45, 2.75) is 18.1 Å². The van der Waals surface area contributed by atoms with Gasteiger partial charge < -0.3 is 5.32 Å². The second-order valence-corrected chi connectivity index (χ2v) is 5.19. The fourth-order valence-electron chi connectivity index (χ4n) is 1.82. The van der Waals surface area contributed by atoms with Crippen molar-refractivity contribution in [1.82, 2.24) is 20.1 Å². The van der Waals surface area contributed by atoms with Crippen LogP contribution in [0.5, 0.6) is 0 Å². The van der Waals surface area contributed by atoms with E-state index >= 15 is 0 Å². The van der Waals surface area contributed by atoms with Crippen molar-refractivity contribution < 1.29 is 0 Å². The van der Waals surface area contributed by atoms with E-state index < -0.39 is 0 Å². The van der Waals surface area contributed by atoms with Gasteiger partial charge in [-0.1, -0.05) is 49.0 Å². The minimum absolute atomic E-state index is 0.179. The van der Waals surface area contributed by atoms with E-state index in [2.05, 4.69) is 34.6 Å². The van der Waals surface area contributed by atoms with Gasteiger partial charge in [-0.25, -0.2) is 9.89 Å². The van der Waals surface area contributed by atoms with Gasteiger partial charge in [-0.15, -0.1) is 5.10 Å². The average molecular weight is 278 g/mol. The summed E-state index contributed by atoms with van der Waals surface area (Å²) in [6.07, 6.45) is 0. The third-order valence-corrected chi connectivity index (χ3v) is 3.99. The van der Waals surface area contributed by atoms with Crippen LogP contribution >= 0.6 is 11.8 Å². The van der Waals surface area contributed by atoms with E-state index in [1.807, 2.05) is 18.2 Å². The highest BCUT2D eigenvalue weighted by molar-refractivity contribution is 7.99. The van der Waals surface area contributed by atoms with Crippen molar-refractivity contribution in [3.8, 4) is 0 Å². The van der Waals surface area contributed by atoms with Crippen molar-refractivity contribution in [2.75, 3.05) is 12.3 Å². The Labute approximate surface area is 116 Å². The van der Waals surface area contributed by atoms with Crippen LogP contribution in [0.25, 0.3) is 0 Å². The molecule has 1 aromatic carbocycles. The standard InChI is InChI=1S/C13H18N4OS/c1-3-14-11(10-7-5-4-6-8-10)9-19-13-16-15-12(18)17(13)2/h4-8,11,14H,3,9H2,1-2H3,(H,15,18). The van der Waals surface area contributed by atoms with Gasteiger partial charge in [0.05, 0.1) is 0 Å². The van der Waals surface area contributed by atoms with E-state index in [1.165, 1.54) is 10.1 Å². The monoisotopic (exact) mass is 278 g/mol. The normalized spacial score (nSPS) is 12.5. The van der Waals surface area contributed by atoms with E-state index in [9.17, 15) is 4.79 Å². The van der Waals surface area contributed by atoms with Crippen LogP contribution in [0.15, 0.2) is 40.3 Å². The molecule has 2 N–H and O–H groups in total. The van der Waals surface area contributed by atoms with Gasteiger partial charge >= 0.3 is 5.69 Å². The van der Waals surface area contributed by atoms with Gasteiger partial charge in [0.15, 0.2) is 5.16 Å². The van der Waals surface area contributed by atoms with Gasteiger partial charge in [0, 0.05) is 18.8 Å². The number of benzene rings is 1. The van der Waals surface area contributed by atoms with Crippen molar-refractivity contribution in [1.29, 1.82) is 0 Å². The highest BCUT2D eigenvalue weighted by Gasteiger charge is 2.12. The molecule has 1 atom stereocenters. The number of thioether (sulfide) groups is 1. The molecule has 2 rings (SSSR count). The highest BCUT2D eigenvalue weighted by atomic mass is 32.2. The van der Waals surface area contributed by atoms with E-state index in [0.29, 0.717) is 5.16 Å². The van der Waals surface area contributed by atoms with E-state index in [1.54, 1.807) is 18.8 Å². The van der Waals surface area contributed by atoms with Crippen LogP contribution in [0.4, 0.5) is 0 Å². The molecule has 0 fully saturated rings. The van der Waals surface area contributed by atoms with Crippen molar-refractivity contribution in [3.63, 3.8) is 0 Å². The molecule has 2 aromatic rings. The molecule has 1 heterocycles. The number of aromatic nitrogens is 3. The molecular formula is C13H18N4OS. The molecule has 0 spiro atoms. The molecular weight excluding hydrogens is 260 g/mol. The lowest BCUT2D eigenvalue weighted by atomic mass is 10.1. The first kappa shape index (κ1) is 13.9. The number of H-pyrrole nitrogens is 1. The number of nitrogens with zero attached hydrogens (tertiary/aromatic N) is 2. The Morgan fingerprint density at radius 3 is 2.74 bits per heavy atom. The van der Waals surface area contributed by atoms with E-state index in [4.69, 9.17) is 0 Å². The lowest BCUT2D eigenvalue weighted by Gasteiger charge is -2.17. The first-order valence-corrected chi connectivity index (χ1v) is 7.23. The number of aromatic amines is 1. The average Bonchev–Trinajstić information content (AvgIpc) is 2.76. The van der Waals surface area contributed by atoms with Gasteiger partial charge in [0.2, 0.25) is 0 Å². The molecule has 1 aromatic heterocycles. The molecule has 102 valence electrons. The van der Waals surface area contributed by atoms with Crippen LogP contribution in [-0.2, 0) is 7.05 Å². The number of hydrogen-bond acceptors (Lipinski definition) is 4. The predicted molar refractivity (Wildman–Crippen MR) is 77.4 cm³/mol. The molecule has 19 heavy (non-hydrogen) atoms. The van der Waals surface area contributed by atoms with Crippen LogP contribution in [-0.4, -0.2) is 27.1 Å². The molecule has 0 bridgehead atoms. The molecule has 0 aliphatic carbocycles. The van der Waals surface area contributed by atoms with Gasteiger partial charge in [0.1, 0.15) is 0 Å². The maximum Gasteiger partial charge on any atom is 0.343 e. The quantitative estimate of drug-likeness (QED) is 0.787. The molecule has 0 radical (unpaired) electrons. The van der Waals surface area contributed by atoms with Crippen LogP contribution in [0.1, 0.15) is 18.5 Å². The molecule has 1 unspecified atom stereocenters. The Morgan fingerprint density at radius 1 is 1.42 bits per heavy atom. The minimum atomic E-state index is -0.179. The Bertz CT molecular complexity index is 564. The van der Waals surface area contributed by atoms with E-state index in [0.717, 1.165) is 12.3 Å². The summed E-state index contributed by atoms with van der Waals surface area (Å²) >= 11 is 1.57. The number of nitrogens with one attached hydrogen (secondary N) is 2. The van der Waals surface area contributed by atoms with Gasteiger partial charge in [-0.3, -0.25) is 4.57 Å². The molecule has 0 aliphatic rings. The molecule has 0 saturated carbocycles. The number of rotatable bonds is 6. The third kappa shape index (κ3) is 3.48. The highest BCUT2D eigenvalue weighted by Crippen LogP contribution is 2.22. The van der Waals surface area contributed by atoms with Gasteiger partial charge in [0.25, 0.3) is 0 Å². The summed E-state index contributed by atoms with van der Waals surface area (Å²) in [6.45, 7) is 2.99. The Kier molecular flexibility index (Phi) is 4.81. The lowest BCUT2D eigenvalue weighted by molar-refractivity contribution is 0.604. The van der Waals surface area contributed by atoms with Gasteiger partial charge in [-0.2, -0.15) is 0 Å². The zero-order valence-corrected chi connectivity index (χ0v) is 11.9. The summed E-state index contributed by atoms with van der Waals surface area (Å²) in [5.41, 5.74) is 1.07. The third-order valence-electron chi connectivity index (χ3n) is 2.87. The van der Waals surface area contributed by atoms with Crippen LogP contribution in [0, 0.1) is 0 Å². The predicted octanol–water partition coefficient (Wildman–Crippen LogP) is 1.55. The zero-order valence-electron chi connectivity index (χ0n) is 11.1. The van der Waals surface area contributed by atoms with Gasteiger partial charge in [-0.05, 0) is 12.1 Å². The smallest absolute Gasteiger partial charge is 0.309 e. The minimum Gasteiger partial charge on any atom is -0.309 e. The Balaban J connectivity index is 2.06. The second kappa shape index (κ2) is 6.58. The Morgan fingerprint density at radius 2 is 2.16 bits per heavy atom. The summed E-state index contributed by atoms with van der Waals surface area (Å²) < 4.78 is 1.53. The van der Waals surface area contributed by atoms with Crippen molar-refractivity contribution in [3.05, 3.63) is 46.4 Å². The summed E-state index contributed by atoms with van der Waals surface area (Å²) in [4.78, 5) is 11.3. The van der Waals surface area contributed by atoms with E-state index in [-0.39, 0.29) is 11.7 Å². The zero-order chi connectivity index (χ0) is 13.7. The summed E-state index contributed by atoms with van der Waals surface area (Å²) in [7, 11) is 1.72. The fourth-order valence-corrected chi connectivity index (χ4v) is 2.84. The fraction of sp³-hybridized carbons (Fsp3) is 0.385. The maximum atomic E-state index is 11.3. The van der Waals surface area contributed by atoms with Crippen LogP contribution in [0.3, 0.4) is 0 Å². The molecule has 6 heteroatoms.